The van der Waals surface area contributed by atoms with Crippen LogP contribution >= 0.6 is 15.9 Å². The van der Waals surface area contributed by atoms with Crippen molar-refractivity contribution in [3.8, 4) is 0 Å². The lowest BCUT2D eigenvalue weighted by Crippen LogP contribution is -2.24. The molecule has 1 aromatic carbocycles. The van der Waals surface area contributed by atoms with Gasteiger partial charge in [-0.1, -0.05) is 34.8 Å². The molecule has 3 heteroatoms. The third kappa shape index (κ3) is 3.27. The molecule has 1 saturated carbocycles. The fourth-order valence-corrected chi connectivity index (χ4v) is 3.54. The van der Waals surface area contributed by atoms with Crippen molar-refractivity contribution in [2.75, 3.05) is 18.5 Å². The first-order valence-corrected chi connectivity index (χ1v) is 7.63. The summed E-state index contributed by atoms with van der Waals surface area (Å²) in [4.78, 5) is 2.37. The number of hydrogen-bond acceptors (Lipinski definition) is 2. The SMILES string of the molecule is CC(N)c1ccc(N(C)CC2CCCC2)cc1Br. The van der Waals surface area contributed by atoms with Crippen LogP contribution in [0, 0.1) is 5.92 Å². The average molecular weight is 311 g/mol. The average Bonchev–Trinajstić information content (AvgIpc) is 2.81. The molecule has 1 unspecified atom stereocenters. The fraction of sp³-hybridized carbons (Fsp3) is 0.600. The van der Waals surface area contributed by atoms with Gasteiger partial charge in [0.05, 0.1) is 0 Å². The lowest BCUT2D eigenvalue weighted by Gasteiger charge is -2.24. The molecular formula is C15H23BrN2. The molecule has 1 atom stereocenters. The highest BCUT2D eigenvalue weighted by Crippen LogP contribution is 2.30. The van der Waals surface area contributed by atoms with Crippen LogP contribution in [0.1, 0.15) is 44.2 Å². The van der Waals surface area contributed by atoms with Crippen molar-refractivity contribution in [1.29, 1.82) is 0 Å². The minimum absolute atomic E-state index is 0.0774. The maximum Gasteiger partial charge on any atom is 0.0375 e. The Hall–Kier alpha value is -0.540. The molecule has 18 heavy (non-hydrogen) atoms. The summed E-state index contributed by atoms with van der Waals surface area (Å²) in [5.74, 6) is 0.877. The molecule has 0 radical (unpaired) electrons. The normalized spacial score (nSPS) is 18.0. The maximum absolute atomic E-state index is 5.93. The molecule has 0 bridgehead atoms. The number of anilines is 1. The van der Waals surface area contributed by atoms with Crippen LogP contribution < -0.4 is 10.6 Å². The second-order valence-corrected chi connectivity index (χ2v) is 6.38. The topological polar surface area (TPSA) is 29.3 Å². The number of halogens is 1. The van der Waals surface area contributed by atoms with Gasteiger partial charge in [0.1, 0.15) is 0 Å². The lowest BCUT2D eigenvalue weighted by atomic mass is 10.1. The number of benzene rings is 1. The molecule has 1 aromatic rings. The van der Waals surface area contributed by atoms with Crippen molar-refractivity contribution in [1.82, 2.24) is 0 Å². The molecule has 0 aliphatic heterocycles. The number of hydrogen-bond donors (Lipinski definition) is 1. The molecule has 0 heterocycles. The van der Waals surface area contributed by atoms with E-state index < -0.39 is 0 Å². The van der Waals surface area contributed by atoms with Crippen molar-refractivity contribution in [2.45, 2.75) is 38.6 Å². The molecule has 0 aromatic heterocycles. The molecule has 0 spiro atoms. The highest BCUT2D eigenvalue weighted by Gasteiger charge is 2.17. The zero-order chi connectivity index (χ0) is 13.1. The summed E-state index contributed by atoms with van der Waals surface area (Å²) in [5.41, 5.74) is 8.38. The van der Waals surface area contributed by atoms with E-state index in [0.29, 0.717) is 0 Å². The molecule has 0 amide bonds. The molecule has 1 fully saturated rings. The van der Waals surface area contributed by atoms with Crippen LogP contribution in [0.2, 0.25) is 0 Å². The van der Waals surface area contributed by atoms with Crippen molar-refractivity contribution in [2.24, 2.45) is 11.7 Å². The van der Waals surface area contributed by atoms with Crippen molar-refractivity contribution >= 4 is 21.6 Å². The van der Waals surface area contributed by atoms with Gasteiger partial charge in [-0.15, -0.1) is 0 Å². The van der Waals surface area contributed by atoms with E-state index >= 15 is 0 Å². The van der Waals surface area contributed by atoms with Crippen molar-refractivity contribution in [3.05, 3.63) is 28.2 Å². The van der Waals surface area contributed by atoms with Gasteiger partial charge in [0.25, 0.3) is 0 Å². The lowest BCUT2D eigenvalue weighted by molar-refractivity contribution is 0.547. The molecule has 0 saturated heterocycles. The van der Waals surface area contributed by atoms with Gasteiger partial charge < -0.3 is 10.6 Å². The van der Waals surface area contributed by atoms with E-state index in [0.717, 1.165) is 10.4 Å². The predicted octanol–water partition coefficient (Wildman–Crippen LogP) is 4.10. The van der Waals surface area contributed by atoms with Gasteiger partial charge in [0.2, 0.25) is 0 Å². The van der Waals surface area contributed by atoms with Gasteiger partial charge in [0.15, 0.2) is 0 Å². The van der Waals surface area contributed by atoms with Crippen molar-refractivity contribution < 1.29 is 0 Å². The zero-order valence-electron chi connectivity index (χ0n) is 11.3. The number of rotatable bonds is 4. The first kappa shape index (κ1) is 13.9. The Morgan fingerprint density at radius 1 is 1.39 bits per heavy atom. The smallest absolute Gasteiger partial charge is 0.0375 e. The zero-order valence-corrected chi connectivity index (χ0v) is 12.9. The standard InChI is InChI=1S/C15H23BrN2/c1-11(17)14-8-7-13(9-15(14)16)18(2)10-12-5-3-4-6-12/h7-9,11-12H,3-6,10,17H2,1-2H3. The summed E-state index contributed by atoms with van der Waals surface area (Å²) < 4.78 is 1.12. The Bertz CT molecular complexity index is 397. The van der Waals surface area contributed by atoms with Crippen LogP contribution in [0.25, 0.3) is 0 Å². The summed E-state index contributed by atoms with van der Waals surface area (Å²) in [5, 5.41) is 0. The highest BCUT2D eigenvalue weighted by molar-refractivity contribution is 9.10. The van der Waals surface area contributed by atoms with Crippen LogP contribution in [0.5, 0.6) is 0 Å². The van der Waals surface area contributed by atoms with Crippen LogP contribution in [-0.2, 0) is 0 Å². The molecule has 1 aliphatic carbocycles. The second kappa shape index (κ2) is 6.07. The molecule has 1 aliphatic rings. The van der Waals surface area contributed by atoms with Crippen LogP contribution in [0.15, 0.2) is 22.7 Å². The summed E-state index contributed by atoms with van der Waals surface area (Å²) in [6.45, 7) is 3.19. The summed E-state index contributed by atoms with van der Waals surface area (Å²) in [7, 11) is 2.19. The third-order valence-corrected chi connectivity index (χ3v) is 4.61. The molecular weight excluding hydrogens is 288 g/mol. The van der Waals surface area contributed by atoms with E-state index in [-0.39, 0.29) is 6.04 Å². The molecule has 2 nitrogen and oxygen atoms in total. The minimum Gasteiger partial charge on any atom is -0.374 e. The van der Waals surface area contributed by atoms with E-state index in [1.807, 2.05) is 6.92 Å². The molecule has 2 N–H and O–H groups in total. The van der Waals surface area contributed by atoms with Crippen molar-refractivity contribution in [3.63, 3.8) is 0 Å². The maximum atomic E-state index is 5.93. The summed E-state index contributed by atoms with van der Waals surface area (Å²) >= 11 is 3.62. The van der Waals surface area contributed by atoms with E-state index in [9.17, 15) is 0 Å². The second-order valence-electron chi connectivity index (χ2n) is 5.53. The Morgan fingerprint density at radius 2 is 2.06 bits per heavy atom. The fourth-order valence-electron chi connectivity index (χ4n) is 2.81. The van der Waals surface area contributed by atoms with Gasteiger partial charge in [0, 0.05) is 29.8 Å². The van der Waals surface area contributed by atoms with Gasteiger partial charge in [-0.05, 0) is 43.4 Å². The third-order valence-electron chi connectivity index (χ3n) is 3.92. The largest absolute Gasteiger partial charge is 0.374 e. The summed E-state index contributed by atoms with van der Waals surface area (Å²) in [6, 6.07) is 6.58. The highest BCUT2D eigenvalue weighted by atomic mass is 79.9. The number of nitrogens with two attached hydrogens (primary N) is 1. The van der Waals surface area contributed by atoms with Gasteiger partial charge in [-0.25, -0.2) is 0 Å². The Balaban J connectivity index is 2.05. The van der Waals surface area contributed by atoms with Gasteiger partial charge >= 0.3 is 0 Å². The quantitative estimate of drug-likeness (QED) is 0.907. The predicted molar refractivity (Wildman–Crippen MR) is 82.0 cm³/mol. The van der Waals surface area contributed by atoms with E-state index in [1.54, 1.807) is 0 Å². The van der Waals surface area contributed by atoms with Gasteiger partial charge in [-0.3, -0.25) is 0 Å². The van der Waals surface area contributed by atoms with Crippen LogP contribution in [0.3, 0.4) is 0 Å². The first-order valence-electron chi connectivity index (χ1n) is 6.84. The Kier molecular flexibility index (Phi) is 4.68. The summed E-state index contributed by atoms with van der Waals surface area (Å²) in [6.07, 6.45) is 5.60. The minimum atomic E-state index is 0.0774. The van der Waals surface area contributed by atoms with Crippen LogP contribution in [-0.4, -0.2) is 13.6 Å². The van der Waals surface area contributed by atoms with Crippen LogP contribution in [0.4, 0.5) is 5.69 Å². The number of nitrogens with zero attached hydrogens (tertiary/aromatic N) is 1. The molecule has 100 valence electrons. The Labute approximate surface area is 119 Å². The van der Waals surface area contributed by atoms with Gasteiger partial charge in [-0.2, -0.15) is 0 Å². The monoisotopic (exact) mass is 310 g/mol. The first-order chi connectivity index (χ1) is 8.58. The Morgan fingerprint density at radius 3 is 2.61 bits per heavy atom. The van der Waals surface area contributed by atoms with E-state index in [1.165, 1.54) is 43.5 Å². The molecule has 2 rings (SSSR count). The van der Waals surface area contributed by atoms with E-state index in [4.69, 9.17) is 5.73 Å². The van der Waals surface area contributed by atoms with E-state index in [2.05, 4.69) is 46.1 Å².